The van der Waals surface area contributed by atoms with Gasteiger partial charge in [0.05, 0.1) is 11.2 Å². The first-order valence-corrected chi connectivity index (χ1v) is 4.92. The molecule has 1 N–H and O–H groups in total. The van der Waals surface area contributed by atoms with Crippen molar-refractivity contribution in [2.75, 3.05) is 0 Å². The molecule has 0 bridgehead atoms. The van der Waals surface area contributed by atoms with E-state index in [4.69, 9.17) is 0 Å². The van der Waals surface area contributed by atoms with E-state index in [9.17, 15) is 5.11 Å². The fourth-order valence-electron chi connectivity index (χ4n) is 1.23. The van der Waals surface area contributed by atoms with Crippen LogP contribution in [0.4, 0.5) is 0 Å². The molecule has 0 spiro atoms. The molecular weight excluding hydrogens is 176 g/mol. The molecule has 0 amide bonds. The van der Waals surface area contributed by atoms with Gasteiger partial charge in [0.1, 0.15) is 0 Å². The van der Waals surface area contributed by atoms with Gasteiger partial charge in [-0.2, -0.15) is 5.10 Å². The van der Waals surface area contributed by atoms with Gasteiger partial charge in [-0.25, -0.2) is 4.68 Å². The zero-order chi connectivity index (χ0) is 11.1. The topological polar surface area (TPSA) is 38.0 Å². The fourth-order valence-corrected chi connectivity index (χ4v) is 1.23. The predicted molar refractivity (Wildman–Crippen MR) is 57.6 cm³/mol. The standard InChI is InChI=1S/C11H20N2O/c1-10(2,3)8-7-9(14)13(12-8)11(4,5)6/h7,14H,1-6H3. The summed E-state index contributed by atoms with van der Waals surface area (Å²) in [6.45, 7) is 12.3. The van der Waals surface area contributed by atoms with Crippen LogP contribution in [0.5, 0.6) is 5.88 Å². The molecule has 0 fully saturated rings. The molecule has 1 aromatic heterocycles. The fraction of sp³-hybridized carbons (Fsp3) is 0.727. The van der Waals surface area contributed by atoms with E-state index in [-0.39, 0.29) is 16.8 Å². The highest BCUT2D eigenvalue weighted by atomic mass is 16.3. The van der Waals surface area contributed by atoms with Crippen molar-refractivity contribution < 1.29 is 5.11 Å². The molecule has 0 aliphatic rings. The molecule has 0 radical (unpaired) electrons. The third kappa shape index (κ3) is 2.08. The van der Waals surface area contributed by atoms with Crippen LogP contribution in [0.3, 0.4) is 0 Å². The number of hydrogen-bond donors (Lipinski definition) is 1. The Kier molecular flexibility index (Phi) is 2.38. The number of hydrogen-bond acceptors (Lipinski definition) is 2. The smallest absolute Gasteiger partial charge is 0.210 e. The summed E-state index contributed by atoms with van der Waals surface area (Å²) < 4.78 is 1.66. The minimum atomic E-state index is -0.173. The van der Waals surface area contributed by atoms with Crippen molar-refractivity contribution in [3.8, 4) is 5.88 Å². The Labute approximate surface area is 85.8 Å². The average Bonchev–Trinajstić information content (AvgIpc) is 2.27. The second kappa shape index (κ2) is 3.01. The highest BCUT2D eigenvalue weighted by molar-refractivity contribution is 5.21. The molecule has 0 aliphatic heterocycles. The number of aromatic hydroxyl groups is 1. The Hall–Kier alpha value is -0.990. The molecule has 0 aliphatic carbocycles. The summed E-state index contributed by atoms with van der Waals surface area (Å²) >= 11 is 0. The maximum atomic E-state index is 9.73. The second-order valence-corrected chi connectivity index (χ2v) is 5.72. The summed E-state index contributed by atoms with van der Waals surface area (Å²) in [5.74, 6) is 0.238. The van der Waals surface area contributed by atoms with Crippen molar-refractivity contribution in [1.29, 1.82) is 0 Å². The quantitative estimate of drug-likeness (QED) is 0.692. The van der Waals surface area contributed by atoms with Gasteiger partial charge >= 0.3 is 0 Å². The van der Waals surface area contributed by atoms with Crippen LogP contribution in [0, 0.1) is 0 Å². The lowest BCUT2D eigenvalue weighted by atomic mass is 9.93. The minimum absolute atomic E-state index is 0.0199. The molecule has 3 nitrogen and oxygen atoms in total. The lowest BCUT2D eigenvalue weighted by molar-refractivity contribution is 0.292. The van der Waals surface area contributed by atoms with E-state index in [1.807, 2.05) is 20.8 Å². The Morgan fingerprint density at radius 3 is 1.86 bits per heavy atom. The summed E-state index contributed by atoms with van der Waals surface area (Å²) in [4.78, 5) is 0. The summed E-state index contributed by atoms with van der Waals surface area (Å²) in [6.07, 6.45) is 0. The lowest BCUT2D eigenvalue weighted by Gasteiger charge is -2.20. The van der Waals surface area contributed by atoms with E-state index in [1.54, 1.807) is 10.7 Å². The van der Waals surface area contributed by atoms with Gasteiger partial charge in [0.25, 0.3) is 0 Å². The van der Waals surface area contributed by atoms with Crippen LogP contribution in [0.25, 0.3) is 0 Å². The molecule has 0 saturated carbocycles. The first kappa shape index (κ1) is 11.1. The molecule has 3 heteroatoms. The van der Waals surface area contributed by atoms with Crippen molar-refractivity contribution in [2.24, 2.45) is 0 Å². The Bertz CT molecular complexity index is 326. The third-order valence-corrected chi connectivity index (χ3v) is 2.09. The zero-order valence-corrected chi connectivity index (χ0v) is 9.92. The summed E-state index contributed by atoms with van der Waals surface area (Å²) in [6, 6.07) is 1.74. The molecule has 1 aromatic rings. The molecular formula is C11H20N2O. The summed E-state index contributed by atoms with van der Waals surface area (Å²) in [7, 11) is 0. The molecule has 0 atom stereocenters. The highest BCUT2D eigenvalue weighted by Gasteiger charge is 2.24. The predicted octanol–water partition coefficient (Wildman–Crippen LogP) is 2.64. The summed E-state index contributed by atoms with van der Waals surface area (Å²) in [5.41, 5.74) is 0.728. The zero-order valence-electron chi connectivity index (χ0n) is 9.92. The largest absolute Gasteiger partial charge is 0.493 e. The van der Waals surface area contributed by atoms with E-state index in [2.05, 4.69) is 25.9 Å². The second-order valence-electron chi connectivity index (χ2n) is 5.72. The molecule has 0 unspecified atom stereocenters. The minimum Gasteiger partial charge on any atom is -0.493 e. The maximum absolute atomic E-state index is 9.73. The number of nitrogens with zero attached hydrogens (tertiary/aromatic N) is 2. The van der Waals surface area contributed by atoms with Gasteiger partial charge in [-0.1, -0.05) is 20.8 Å². The monoisotopic (exact) mass is 196 g/mol. The van der Waals surface area contributed by atoms with Crippen LogP contribution >= 0.6 is 0 Å². The molecule has 1 heterocycles. The SMILES string of the molecule is CC(C)(C)c1cc(O)n(C(C)(C)C)n1. The Balaban J connectivity index is 3.19. The van der Waals surface area contributed by atoms with E-state index < -0.39 is 0 Å². The van der Waals surface area contributed by atoms with Crippen LogP contribution < -0.4 is 0 Å². The van der Waals surface area contributed by atoms with Gasteiger partial charge in [-0.05, 0) is 20.8 Å². The van der Waals surface area contributed by atoms with Crippen LogP contribution in [0.2, 0.25) is 0 Å². The molecule has 1 rings (SSSR count). The molecule has 0 aromatic carbocycles. The Morgan fingerprint density at radius 1 is 1.14 bits per heavy atom. The first-order chi connectivity index (χ1) is 6.12. The van der Waals surface area contributed by atoms with Crippen molar-refractivity contribution in [2.45, 2.75) is 52.5 Å². The van der Waals surface area contributed by atoms with E-state index in [0.29, 0.717) is 0 Å². The van der Waals surface area contributed by atoms with E-state index in [0.717, 1.165) is 5.69 Å². The highest BCUT2D eigenvalue weighted by Crippen LogP contribution is 2.28. The van der Waals surface area contributed by atoms with E-state index in [1.165, 1.54) is 0 Å². The lowest BCUT2D eigenvalue weighted by Crippen LogP contribution is -2.24. The van der Waals surface area contributed by atoms with Gasteiger partial charge in [-0.3, -0.25) is 0 Å². The van der Waals surface area contributed by atoms with Gasteiger partial charge in [0.15, 0.2) is 0 Å². The van der Waals surface area contributed by atoms with Gasteiger partial charge in [0, 0.05) is 11.5 Å². The maximum Gasteiger partial charge on any atom is 0.210 e. The van der Waals surface area contributed by atoms with Gasteiger partial charge in [0.2, 0.25) is 5.88 Å². The van der Waals surface area contributed by atoms with Crippen molar-refractivity contribution in [3.63, 3.8) is 0 Å². The normalized spacial score (nSPS) is 13.3. The van der Waals surface area contributed by atoms with E-state index >= 15 is 0 Å². The van der Waals surface area contributed by atoms with Crippen molar-refractivity contribution in [1.82, 2.24) is 9.78 Å². The Morgan fingerprint density at radius 2 is 1.64 bits per heavy atom. The van der Waals surface area contributed by atoms with Crippen LogP contribution in [-0.4, -0.2) is 14.9 Å². The number of rotatable bonds is 0. The van der Waals surface area contributed by atoms with Crippen LogP contribution in [0.15, 0.2) is 6.07 Å². The molecule has 80 valence electrons. The molecule has 0 saturated heterocycles. The third-order valence-electron chi connectivity index (χ3n) is 2.09. The van der Waals surface area contributed by atoms with Crippen molar-refractivity contribution in [3.05, 3.63) is 11.8 Å². The molecule has 14 heavy (non-hydrogen) atoms. The van der Waals surface area contributed by atoms with Gasteiger partial charge < -0.3 is 5.11 Å². The summed E-state index contributed by atoms with van der Waals surface area (Å²) in [5, 5.41) is 14.1. The van der Waals surface area contributed by atoms with Crippen LogP contribution in [0.1, 0.15) is 47.2 Å². The average molecular weight is 196 g/mol. The van der Waals surface area contributed by atoms with Crippen LogP contribution in [-0.2, 0) is 11.0 Å². The number of aromatic nitrogens is 2. The first-order valence-electron chi connectivity index (χ1n) is 4.92. The van der Waals surface area contributed by atoms with Crippen molar-refractivity contribution >= 4 is 0 Å². The van der Waals surface area contributed by atoms with Gasteiger partial charge in [-0.15, -0.1) is 0 Å².